The lowest BCUT2D eigenvalue weighted by Crippen LogP contribution is -2.35. The summed E-state index contributed by atoms with van der Waals surface area (Å²) in [4.78, 5) is 22.2. The summed E-state index contributed by atoms with van der Waals surface area (Å²) < 4.78 is 0. The highest BCUT2D eigenvalue weighted by atomic mass is 32.1. The van der Waals surface area contributed by atoms with Crippen LogP contribution in [0.2, 0.25) is 0 Å². The average molecular weight is 394 g/mol. The first-order chi connectivity index (χ1) is 13.6. The maximum atomic E-state index is 12.9. The van der Waals surface area contributed by atoms with E-state index in [1.54, 1.807) is 0 Å². The number of hydrogen-bond acceptors (Lipinski definition) is 6. The van der Waals surface area contributed by atoms with E-state index in [0.29, 0.717) is 6.54 Å². The molecule has 144 valence electrons. The van der Waals surface area contributed by atoms with Gasteiger partial charge in [-0.2, -0.15) is 0 Å². The zero-order chi connectivity index (χ0) is 19.5. The molecule has 6 nitrogen and oxygen atoms in total. The molecule has 4 rings (SSSR count). The summed E-state index contributed by atoms with van der Waals surface area (Å²) in [6, 6.07) is 14.1. The molecule has 0 radical (unpaired) electrons. The monoisotopic (exact) mass is 393 g/mol. The molecule has 0 saturated carbocycles. The Morgan fingerprint density at radius 3 is 2.46 bits per heavy atom. The van der Waals surface area contributed by atoms with Crippen LogP contribution in [0.1, 0.15) is 26.8 Å². The van der Waals surface area contributed by atoms with Gasteiger partial charge < -0.3 is 9.80 Å². The van der Waals surface area contributed by atoms with E-state index < -0.39 is 0 Å². The minimum Gasteiger partial charge on any atom is -0.353 e. The minimum atomic E-state index is 0.0930. The summed E-state index contributed by atoms with van der Waals surface area (Å²) in [6.07, 6.45) is 0.907. The van der Waals surface area contributed by atoms with Gasteiger partial charge in [-0.1, -0.05) is 30.3 Å². The van der Waals surface area contributed by atoms with Crippen molar-refractivity contribution in [1.29, 1.82) is 0 Å². The number of amides is 1. The Labute approximate surface area is 168 Å². The van der Waals surface area contributed by atoms with Gasteiger partial charge in [-0.05, 0) is 32.4 Å². The quantitative estimate of drug-likeness (QED) is 0.681. The van der Waals surface area contributed by atoms with Gasteiger partial charge in [0.05, 0.1) is 16.4 Å². The summed E-state index contributed by atoms with van der Waals surface area (Å²) in [6.45, 7) is 6.89. The SMILES string of the molecule is Cc1nc(C)c(C(=O)N2CCCN(c3ccc(-c4ccccc4)nn3)CC2)s1. The molecule has 1 fully saturated rings. The van der Waals surface area contributed by atoms with Crippen LogP contribution in [0, 0.1) is 13.8 Å². The van der Waals surface area contributed by atoms with Gasteiger partial charge in [0.2, 0.25) is 0 Å². The van der Waals surface area contributed by atoms with Crippen molar-refractivity contribution in [2.24, 2.45) is 0 Å². The van der Waals surface area contributed by atoms with Crippen molar-refractivity contribution >= 4 is 23.1 Å². The Morgan fingerprint density at radius 1 is 0.964 bits per heavy atom. The third-order valence-electron chi connectivity index (χ3n) is 4.92. The Kier molecular flexibility index (Phi) is 5.34. The number of nitrogens with zero attached hydrogens (tertiary/aromatic N) is 5. The molecule has 0 aliphatic carbocycles. The van der Waals surface area contributed by atoms with Crippen LogP contribution in [0.15, 0.2) is 42.5 Å². The number of anilines is 1. The Morgan fingerprint density at radius 2 is 1.79 bits per heavy atom. The second-order valence-corrected chi connectivity index (χ2v) is 8.13. The highest BCUT2D eigenvalue weighted by Gasteiger charge is 2.24. The molecule has 1 aromatic carbocycles. The Bertz CT molecular complexity index is 955. The van der Waals surface area contributed by atoms with Crippen LogP contribution in [0.25, 0.3) is 11.3 Å². The summed E-state index contributed by atoms with van der Waals surface area (Å²) in [5.41, 5.74) is 2.76. The van der Waals surface area contributed by atoms with E-state index in [1.807, 2.05) is 61.2 Å². The largest absolute Gasteiger partial charge is 0.353 e. The number of thiazole rings is 1. The molecular weight excluding hydrogens is 370 g/mol. The molecule has 0 atom stereocenters. The molecule has 3 heterocycles. The van der Waals surface area contributed by atoms with Crippen LogP contribution < -0.4 is 4.90 Å². The maximum absolute atomic E-state index is 12.9. The fourth-order valence-electron chi connectivity index (χ4n) is 3.48. The Hall–Kier alpha value is -2.80. The van der Waals surface area contributed by atoms with Crippen LogP contribution in [-0.4, -0.2) is 52.2 Å². The maximum Gasteiger partial charge on any atom is 0.265 e. The Balaban J connectivity index is 1.44. The van der Waals surface area contributed by atoms with Crippen LogP contribution in [0.5, 0.6) is 0 Å². The predicted molar refractivity (Wildman–Crippen MR) is 112 cm³/mol. The fourth-order valence-corrected chi connectivity index (χ4v) is 4.37. The lowest BCUT2D eigenvalue weighted by Gasteiger charge is -2.22. The van der Waals surface area contributed by atoms with Crippen molar-refractivity contribution in [1.82, 2.24) is 20.1 Å². The lowest BCUT2D eigenvalue weighted by molar-refractivity contribution is 0.0771. The molecule has 3 aromatic rings. The van der Waals surface area contributed by atoms with E-state index in [-0.39, 0.29) is 5.91 Å². The number of carbonyl (C=O) groups is 1. The highest BCUT2D eigenvalue weighted by molar-refractivity contribution is 7.13. The van der Waals surface area contributed by atoms with Crippen LogP contribution in [-0.2, 0) is 0 Å². The molecule has 1 amide bonds. The smallest absolute Gasteiger partial charge is 0.265 e. The lowest BCUT2D eigenvalue weighted by atomic mass is 10.1. The van der Waals surface area contributed by atoms with Crippen molar-refractivity contribution in [3.05, 3.63) is 58.0 Å². The topological polar surface area (TPSA) is 62.2 Å². The molecule has 7 heteroatoms. The molecule has 1 saturated heterocycles. The normalized spacial score (nSPS) is 14.8. The minimum absolute atomic E-state index is 0.0930. The molecule has 1 aliphatic heterocycles. The molecular formula is C21H23N5OS. The molecule has 28 heavy (non-hydrogen) atoms. The number of aryl methyl sites for hydroxylation is 2. The van der Waals surface area contributed by atoms with Gasteiger partial charge in [0.1, 0.15) is 4.88 Å². The summed E-state index contributed by atoms with van der Waals surface area (Å²) in [7, 11) is 0. The van der Waals surface area contributed by atoms with Crippen molar-refractivity contribution in [2.75, 3.05) is 31.1 Å². The van der Waals surface area contributed by atoms with Crippen molar-refractivity contribution in [3.8, 4) is 11.3 Å². The van der Waals surface area contributed by atoms with Gasteiger partial charge in [-0.15, -0.1) is 21.5 Å². The van der Waals surface area contributed by atoms with E-state index in [4.69, 9.17) is 0 Å². The first kappa shape index (κ1) is 18.6. The van der Waals surface area contributed by atoms with Gasteiger partial charge in [0, 0.05) is 31.7 Å². The number of aromatic nitrogens is 3. The number of benzene rings is 1. The second kappa shape index (κ2) is 8.06. The molecule has 0 bridgehead atoms. The van der Waals surface area contributed by atoms with E-state index >= 15 is 0 Å². The van der Waals surface area contributed by atoms with Gasteiger partial charge in [-0.3, -0.25) is 4.79 Å². The fraction of sp³-hybridized carbons (Fsp3) is 0.333. The van der Waals surface area contributed by atoms with Gasteiger partial charge in [-0.25, -0.2) is 4.98 Å². The van der Waals surface area contributed by atoms with Crippen LogP contribution in [0.4, 0.5) is 5.82 Å². The van der Waals surface area contributed by atoms with E-state index in [9.17, 15) is 4.79 Å². The van der Waals surface area contributed by atoms with Crippen LogP contribution in [0.3, 0.4) is 0 Å². The first-order valence-corrected chi connectivity index (χ1v) is 10.3. The molecule has 0 spiro atoms. The molecule has 2 aromatic heterocycles. The number of rotatable bonds is 3. The van der Waals surface area contributed by atoms with Crippen molar-refractivity contribution in [3.63, 3.8) is 0 Å². The van der Waals surface area contributed by atoms with Gasteiger partial charge in [0.25, 0.3) is 5.91 Å². The van der Waals surface area contributed by atoms with E-state index in [0.717, 1.165) is 58.7 Å². The molecule has 0 unspecified atom stereocenters. The van der Waals surface area contributed by atoms with Gasteiger partial charge >= 0.3 is 0 Å². The summed E-state index contributed by atoms with van der Waals surface area (Å²) in [5.74, 6) is 0.953. The zero-order valence-electron chi connectivity index (χ0n) is 16.1. The summed E-state index contributed by atoms with van der Waals surface area (Å²) in [5, 5.41) is 9.76. The summed E-state index contributed by atoms with van der Waals surface area (Å²) >= 11 is 1.48. The predicted octanol–water partition coefficient (Wildman–Crippen LogP) is 3.57. The first-order valence-electron chi connectivity index (χ1n) is 9.49. The standard InChI is InChI=1S/C21H23N5OS/c1-15-20(28-16(2)22-15)21(27)26-12-6-11-25(13-14-26)19-10-9-18(23-24-19)17-7-4-3-5-8-17/h3-5,7-10H,6,11-14H2,1-2H3. The number of hydrogen-bond donors (Lipinski definition) is 0. The third kappa shape index (κ3) is 3.89. The zero-order valence-corrected chi connectivity index (χ0v) is 16.9. The molecule has 0 N–H and O–H groups in total. The second-order valence-electron chi connectivity index (χ2n) is 6.92. The van der Waals surface area contributed by atoms with E-state index in [2.05, 4.69) is 20.1 Å². The molecule has 1 aliphatic rings. The van der Waals surface area contributed by atoms with Gasteiger partial charge in [0.15, 0.2) is 5.82 Å². The number of carbonyl (C=O) groups excluding carboxylic acids is 1. The highest BCUT2D eigenvalue weighted by Crippen LogP contribution is 2.22. The van der Waals surface area contributed by atoms with Crippen molar-refractivity contribution < 1.29 is 4.79 Å². The van der Waals surface area contributed by atoms with Crippen LogP contribution >= 0.6 is 11.3 Å². The van der Waals surface area contributed by atoms with Crippen molar-refractivity contribution in [2.45, 2.75) is 20.3 Å². The third-order valence-corrected chi connectivity index (χ3v) is 5.99. The average Bonchev–Trinajstić information content (AvgIpc) is 2.92. The van der Waals surface area contributed by atoms with E-state index in [1.165, 1.54) is 11.3 Å².